The Labute approximate surface area is 217 Å². The zero-order valence-electron chi connectivity index (χ0n) is 20.9. The Hall–Kier alpha value is -3.50. The molecule has 2 heterocycles. The first-order valence-electron chi connectivity index (χ1n) is 12.7. The second-order valence-corrected chi connectivity index (χ2v) is 11.5. The molecule has 0 saturated heterocycles. The van der Waals surface area contributed by atoms with E-state index >= 15 is 0 Å². The Morgan fingerprint density at radius 3 is 2.65 bits per heavy atom. The maximum Gasteiger partial charge on any atom is 0.245 e. The minimum absolute atomic E-state index is 0.136. The Morgan fingerprint density at radius 1 is 1.03 bits per heavy atom. The molecule has 2 aromatic carbocycles. The molecule has 0 bridgehead atoms. The summed E-state index contributed by atoms with van der Waals surface area (Å²) in [6.45, 7) is 2.87. The smallest absolute Gasteiger partial charge is 0.245 e. The lowest BCUT2D eigenvalue weighted by molar-refractivity contribution is 0.205. The highest BCUT2D eigenvalue weighted by molar-refractivity contribution is 7.88. The number of nitrogens with one attached hydrogen (secondary N) is 3. The lowest BCUT2D eigenvalue weighted by Crippen LogP contribution is -2.24. The monoisotopic (exact) mass is 520 g/mol. The van der Waals surface area contributed by atoms with E-state index in [1.165, 1.54) is 32.1 Å². The zero-order chi connectivity index (χ0) is 25.7. The van der Waals surface area contributed by atoms with Crippen molar-refractivity contribution >= 4 is 32.8 Å². The molecule has 1 fully saturated rings. The van der Waals surface area contributed by atoms with Gasteiger partial charge in [-0.25, -0.2) is 18.1 Å². The van der Waals surface area contributed by atoms with E-state index in [0.717, 1.165) is 11.1 Å². The normalized spacial score (nSPS) is 14.6. The summed E-state index contributed by atoms with van der Waals surface area (Å²) in [5.74, 6) is 1.21. The molecule has 0 atom stereocenters. The number of aromatic nitrogens is 4. The van der Waals surface area contributed by atoms with Gasteiger partial charge >= 0.3 is 0 Å². The number of benzene rings is 2. The largest absolute Gasteiger partial charge is 0.476 e. The fourth-order valence-corrected chi connectivity index (χ4v) is 5.66. The summed E-state index contributed by atoms with van der Waals surface area (Å²) in [6, 6.07) is 15.0. The molecule has 1 aliphatic carbocycles. The molecule has 1 saturated carbocycles. The predicted molar refractivity (Wildman–Crippen MR) is 144 cm³/mol. The second kappa shape index (κ2) is 11.3. The van der Waals surface area contributed by atoms with Crippen LogP contribution in [0.3, 0.4) is 0 Å². The molecule has 1 aliphatic rings. The summed E-state index contributed by atoms with van der Waals surface area (Å²) in [4.78, 5) is 16.4. The van der Waals surface area contributed by atoms with Gasteiger partial charge in [-0.15, -0.1) is 0 Å². The van der Waals surface area contributed by atoms with Gasteiger partial charge in [0.05, 0.1) is 18.7 Å². The number of fused-ring (bicyclic) bond motifs is 1. The third-order valence-electron chi connectivity index (χ3n) is 6.59. The molecule has 0 spiro atoms. The molecule has 9 nitrogen and oxygen atoms in total. The van der Waals surface area contributed by atoms with Crippen LogP contribution in [0, 0.1) is 12.8 Å². The van der Waals surface area contributed by atoms with Crippen LogP contribution < -0.4 is 14.8 Å². The molecule has 2 aromatic heterocycles. The van der Waals surface area contributed by atoms with Crippen molar-refractivity contribution in [3.63, 3.8) is 0 Å². The molecule has 0 unspecified atom stereocenters. The number of sulfonamides is 1. The number of nitrogens with zero attached hydrogens (tertiary/aromatic N) is 3. The van der Waals surface area contributed by atoms with Crippen LogP contribution >= 0.6 is 0 Å². The third-order valence-corrected chi connectivity index (χ3v) is 7.89. The minimum Gasteiger partial charge on any atom is -0.476 e. The van der Waals surface area contributed by atoms with E-state index in [9.17, 15) is 8.42 Å². The van der Waals surface area contributed by atoms with Gasteiger partial charge in [-0.05, 0) is 48.9 Å². The Bertz CT molecular complexity index is 1450. The fraction of sp³-hybridized carbons (Fsp3) is 0.370. The van der Waals surface area contributed by atoms with Gasteiger partial charge in [0, 0.05) is 12.2 Å². The molecule has 10 heteroatoms. The van der Waals surface area contributed by atoms with Crippen molar-refractivity contribution in [1.29, 1.82) is 0 Å². The van der Waals surface area contributed by atoms with E-state index in [1.54, 1.807) is 24.5 Å². The van der Waals surface area contributed by atoms with Gasteiger partial charge in [-0.3, -0.25) is 0 Å². The summed E-state index contributed by atoms with van der Waals surface area (Å²) >= 11 is 0. The summed E-state index contributed by atoms with van der Waals surface area (Å²) in [7, 11) is -3.52. The standard InChI is InChI=1S/C27H32N6O3S/c1-19-10-12-20(13-11-19)15-30-37(34,35)17-22-8-5-9-23(14-22)31-27-32-25-24(28-18-29-25)26(33-27)36-16-21-6-3-2-4-7-21/h5,8-14,18,21,30H,2-4,6-7,15-17H2,1H3,(H2,28,29,31,32,33). The third kappa shape index (κ3) is 6.84. The Kier molecular flexibility index (Phi) is 7.66. The molecule has 5 rings (SSSR count). The van der Waals surface area contributed by atoms with Gasteiger partial charge in [0.1, 0.15) is 5.52 Å². The van der Waals surface area contributed by atoms with Crippen molar-refractivity contribution in [3.05, 3.63) is 71.5 Å². The van der Waals surface area contributed by atoms with Gasteiger partial charge in [-0.2, -0.15) is 9.97 Å². The van der Waals surface area contributed by atoms with Crippen molar-refractivity contribution < 1.29 is 13.2 Å². The Morgan fingerprint density at radius 2 is 1.84 bits per heavy atom. The van der Waals surface area contributed by atoms with Gasteiger partial charge in [0.15, 0.2) is 5.65 Å². The number of rotatable bonds is 10. The lowest BCUT2D eigenvalue weighted by Gasteiger charge is -2.21. The van der Waals surface area contributed by atoms with Gasteiger partial charge in [0.25, 0.3) is 0 Å². The van der Waals surface area contributed by atoms with Crippen molar-refractivity contribution in [2.24, 2.45) is 5.92 Å². The van der Waals surface area contributed by atoms with Gasteiger partial charge in [-0.1, -0.05) is 61.2 Å². The van der Waals surface area contributed by atoms with Crippen LogP contribution in [-0.2, 0) is 22.3 Å². The summed E-state index contributed by atoms with van der Waals surface area (Å²) in [5.41, 5.74) is 4.55. The molecule has 0 radical (unpaired) electrons. The van der Waals surface area contributed by atoms with Crippen LogP contribution in [0.25, 0.3) is 11.2 Å². The highest BCUT2D eigenvalue weighted by atomic mass is 32.2. The van der Waals surface area contributed by atoms with Crippen molar-refractivity contribution in [2.45, 2.75) is 51.3 Å². The summed E-state index contributed by atoms with van der Waals surface area (Å²) in [6.07, 6.45) is 7.72. The van der Waals surface area contributed by atoms with Crippen LogP contribution in [0.1, 0.15) is 48.8 Å². The van der Waals surface area contributed by atoms with Crippen molar-refractivity contribution in [1.82, 2.24) is 24.7 Å². The topological polar surface area (TPSA) is 122 Å². The molecule has 0 aliphatic heterocycles. The number of ether oxygens (including phenoxy) is 1. The lowest BCUT2D eigenvalue weighted by atomic mass is 9.90. The molecule has 0 amide bonds. The van der Waals surface area contributed by atoms with E-state index in [-0.39, 0.29) is 12.3 Å². The van der Waals surface area contributed by atoms with E-state index < -0.39 is 10.0 Å². The number of imidazole rings is 1. The van der Waals surface area contributed by atoms with Gasteiger partial charge < -0.3 is 15.0 Å². The quantitative estimate of drug-likeness (QED) is 0.269. The van der Waals surface area contributed by atoms with Crippen LogP contribution in [-0.4, -0.2) is 35.0 Å². The number of hydrogen-bond acceptors (Lipinski definition) is 7. The number of aryl methyl sites for hydroxylation is 1. The second-order valence-electron chi connectivity index (χ2n) is 9.66. The molecule has 4 aromatic rings. The molecular weight excluding hydrogens is 488 g/mol. The van der Waals surface area contributed by atoms with E-state index in [0.29, 0.717) is 46.8 Å². The first-order valence-corrected chi connectivity index (χ1v) is 14.3. The summed E-state index contributed by atoms with van der Waals surface area (Å²) in [5, 5.41) is 3.18. The Balaban J connectivity index is 1.26. The van der Waals surface area contributed by atoms with Crippen molar-refractivity contribution in [2.75, 3.05) is 11.9 Å². The molecule has 37 heavy (non-hydrogen) atoms. The SMILES string of the molecule is Cc1ccc(CNS(=O)(=O)Cc2cccc(Nc3nc(OCC4CCCCC4)c4[nH]cnc4n3)c2)cc1. The maximum atomic E-state index is 12.7. The molecular formula is C27H32N6O3S. The number of H-pyrrole nitrogens is 1. The number of anilines is 2. The predicted octanol–water partition coefficient (Wildman–Crippen LogP) is 4.98. The van der Waals surface area contributed by atoms with Crippen LogP contribution in [0.5, 0.6) is 5.88 Å². The molecule has 194 valence electrons. The number of hydrogen-bond donors (Lipinski definition) is 3. The molecule has 3 N–H and O–H groups in total. The first-order chi connectivity index (χ1) is 17.9. The minimum atomic E-state index is -3.52. The average molecular weight is 521 g/mol. The number of aromatic amines is 1. The average Bonchev–Trinajstić information content (AvgIpc) is 3.36. The van der Waals surface area contributed by atoms with Gasteiger partial charge in [0.2, 0.25) is 21.9 Å². The van der Waals surface area contributed by atoms with Crippen LogP contribution in [0.4, 0.5) is 11.6 Å². The zero-order valence-corrected chi connectivity index (χ0v) is 21.7. The van der Waals surface area contributed by atoms with E-state index in [4.69, 9.17) is 4.74 Å². The summed E-state index contributed by atoms with van der Waals surface area (Å²) < 4.78 is 34.2. The first kappa shape index (κ1) is 25.2. The van der Waals surface area contributed by atoms with Crippen molar-refractivity contribution in [3.8, 4) is 5.88 Å². The maximum absolute atomic E-state index is 12.7. The van der Waals surface area contributed by atoms with Crippen LogP contribution in [0.15, 0.2) is 54.9 Å². The highest BCUT2D eigenvalue weighted by Crippen LogP contribution is 2.27. The van der Waals surface area contributed by atoms with E-state index in [2.05, 4.69) is 30.0 Å². The fourth-order valence-electron chi connectivity index (χ4n) is 4.56. The van der Waals surface area contributed by atoms with E-state index in [1.807, 2.05) is 37.3 Å². The van der Waals surface area contributed by atoms with Crippen LogP contribution in [0.2, 0.25) is 0 Å². The highest BCUT2D eigenvalue weighted by Gasteiger charge is 2.17.